The van der Waals surface area contributed by atoms with Crippen LogP contribution in [0.4, 0.5) is 13.2 Å². The molecule has 2 nitrogen and oxygen atoms in total. The van der Waals surface area contributed by atoms with Crippen LogP contribution >= 0.6 is 28.3 Å². The Morgan fingerprint density at radius 1 is 1.44 bits per heavy atom. The average molecular weight is 321 g/mol. The van der Waals surface area contributed by atoms with Gasteiger partial charge in [0.15, 0.2) is 0 Å². The van der Waals surface area contributed by atoms with Crippen LogP contribution < -0.4 is 5.73 Å². The molecule has 0 saturated heterocycles. The molecule has 0 aliphatic carbocycles. The zero-order chi connectivity index (χ0) is 11.6. The molecular formula is C9H10BrClF3NO. The van der Waals surface area contributed by atoms with Crippen molar-refractivity contribution in [1.29, 1.82) is 0 Å². The summed E-state index contributed by atoms with van der Waals surface area (Å²) in [4.78, 5) is 0. The monoisotopic (exact) mass is 319 g/mol. The summed E-state index contributed by atoms with van der Waals surface area (Å²) in [7, 11) is 0. The lowest BCUT2D eigenvalue weighted by Crippen LogP contribution is -2.36. The quantitative estimate of drug-likeness (QED) is 0.899. The van der Waals surface area contributed by atoms with Crippen LogP contribution in [0.3, 0.4) is 0 Å². The Kier molecular flexibility index (Phi) is 5.75. The topological polar surface area (TPSA) is 46.2 Å². The van der Waals surface area contributed by atoms with E-state index in [-0.39, 0.29) is 22.4 Å². The first kappa shape index (κ1) is 15.7. The molecule has 1 aromatic rings. The van der Waals surface area contributed by atoms with Crippen LogP contribution in [-0.2, 0) is 0 Å². The highest BCUT2D eigenvalue weighted by atomic mass is 79.9. The van der Waals surface area contributed by atoms with Crippen molar-refractivity contribution < 1.29 is 18.3 Å². The second-order valence-corrected chi connectivity index (χ2v) is 3.92. The molecular weight excluding hydrogens is 310 g/mol. The maximum absolute atomic E-state index is 13.0. The van der Waals surface area contributed by atoms with E-state index < -0.39 is 24.4 Å². The second kappa shape index (κ2) is 5.86. The molecule has 0 aliphatic rings. The molecule has 3 N–H and O–H groups in total. The van der Waals surface area contributed by atoms with Gasteiger partial charge in [0.1, 0.15) is 12.4 Å². The number of aliphatic hydroxyl groups excluding tert-OH is 1. The molecule has 1 aromatic carbocycles. The number of aliphatic hydroxyl groups is 1. The van der Waals surface area contributed by atoms with E-state index in [2.05, 4.69) is 15.9 Å². The number of rotatable bonds is 3. The summed E-state index contributed by atoms with van der Waals surface area (Å²) in [5.41, 5.74) is 5.15. The van der Waals surface area contributed by atoms with E-state index in [1.165, 1.54) is 12.1 Å². The number of hydrogen-bond acceptors (Lipinski definition) is 2. The molecule has 16 heavy (non-hydrogen) atoms. The first-order valence-corrected chi connectivity index (χ1v) is 4.87. The standard InChI is InChI=1S/C9H9BrF3NO.ClH/c10-6-2-1-5(3-7(6)11)8(14)9(12,13)4-15;/h1-3,8,15H,4,14H2;1H/t8-;/m1./s1. The van der Waals surface area contributed by atoms with Crippen LogP contribution in [0.5, 0.6) is 0 Å². The molecule has 0 amide bonds. The van der Waals surface area contributed by atoms with Gasteiger partial charge < -0.3 is 10.8 Å². The lowest BCUT2D eigenvalue weighted by atomic mass is 10.0. The maximum atomic E-state index is 13.0. The van der Waals surface area contributed by atoms with Gasteiger partial charge >= 0.3 is 0 Å². The molecule has 0 aliphatic heterocycles. The smallest absolute Gasteiger partial charge is 0.289 e. The van der Waals surface area contributed by atoms with Crippen molar-refractivity contribution in [3.8, 4) is 0 Å². The molecule has 0 bridgehead atoms. The van der Waals surface area contributed by atoms with Gasteiger partial charge in [0.2, 0.25) is 0 Å². The lowest BCUT2D eigenvalue weighted by molar-refractivity contribution is -0.0712. The summed E-state index contributed by atoms with van der Waals surface area (Å²) in [5.74, 6) is -4.13. The zero-order valence-electron chi connectivity index (χ0n) is 7.96. The maximum Gasteiger partial charge on any atom is 0.289 e. The number of hydrogen-bond donors (Lipinski definition) is 2. The minimum Gasteiger partial charge on any atom is -0.390 e. The van der Waals surface area contributed by atoms with Gasteiger partial charge in [-0.3, -0.25) is 0 Å². The fourth-order valence-corrected chi connectivity index (χ4v) is 1.29. The van der Waals surface area contributed by atoms with Gasteiger partial charge in [0.05, 0.1) is 10.5 Å². The molecule has 1 rings (SSSR count). The summed E-state index contributed by atoms with van der Waals surface area (Å²) in [6, 6.07) is 1.77. The molecule has 0 unspecified atom stereocenters. The van der Waals surface area contributed by atoms with Gasteiger partial charge in [-0.2, -0.15) is 0 Å². The highest BCUT2D eigenvalue weighted by Gasteiger charge is 2.37. The van der Waals surface area contributed by atoms with E-state index >= 15 is 0 Å². The van der Waals surface area contributed by atoms with E-state index in [0.717, 1.165) is 6.07 Å². The summed E-state index contributed by atoms with van der Waals surface area (Å²) in [6.45, 7) is -1.37. The van der Waals surface area contributed by atoms with Crippen molar-refractivity contribution in [3.63, 3.8) is 0 Å². The third kappa shape index (κ3) is 3.35. The fraction of sp³-hybridized carbons (Fsp3) is 0.333. The van der Waals surface area contributed by atoms with Gasteiger partial charge in [-0.25, -0.2) is 13.2 Å². The zero-order valence-corrected chi connectivity index (χ0v) is 10.4. The number of alkyl halides is 2. The van der Waals surface area contributed by atoms with Gasteiger partial charge in [-0.15, -0.1) is 12.4 Å². The van der Waals surface area contributed by atoms with Gasteiger partial charge in [-0.05, 0) is 33.6 Å². The summed E-state index contributed by atoms with van der Waals surface area (Å²) >= 11 is 2.89. The number of halogens is 5. The Morgan fingerprint density at radius 2 is 2.00 bits per heavy atom. The van der Waals surface area contributed by atoms with Crippen LogP contribution in [-0.4, -0.2) is 17.6 Å². The summed E-state index contributed by atoms with van der Waals surface area (Å²) in [5, 5.41) is 8.42. The van der Waals surface area contributed by atoms with E-state index in [0.29, 0.717) is 0 Å². The van der Waals surface area contributed by atoms with Crippen LogP contribution in [0, 0.1) is 5.82 Å². The first-order chi connectivity index (χ1) is 6.88. The third-order valence-corrected chi connectivity index (χ3v) is 2.61. The largest absolute Gasteiger partial charge is 0.390 e. The van der Waals surface area contributed by atoms with Crippen molar-refractivity contribution in [2.45, 2.75) is 12.0 Å². The Morgan fingerprint density at radius 3 is 2.44 bits per heavy atom. The fourth-order valence-electron chi connectivity index (χ4n) is 1.05. The van der Waals surface area contributed by atoms with Crippen molar-refractivity contribution >= 4 is 28.3 Å². The van der Waals surface area contributed by atoms with Gasteiger partial charge in [0.25, 0.3) is 5.92 Å². The average Bonchev–Trinajstić information content (AvgIpc) is 2.21. The Balaban J connectivity index is 0.00000225. The van der Waals surface area contributed by atoms with Crippen molar-refractivity contribution in [3.05, 3.63) is 34.1 Å². The Labute approximate surface area is 105 Å². The van der Waals surface area contributed by atoms with Gasteiger partial charge in [-0.1, -0.05) is 6.07 Å². The van der Waals surface area contributed by atoms with E-state index in [4.69, 9.17) is 10.8 Å². The highest BCUT2D eigenvalue weighted by molar-refractivity contribution is 9.10. The molecule has 0 saturated carbocycles. The normalized spacial score (nSPS) is 13.1. The molecule has 1 atom stereocenters. The van der Waals surface area contributed by atoms with E-state index in [1.54, 1.807) is 0 Å². The Bertz CT molecular complexity index is 365. The van der Waals surface area contributed by atoms with Crippen molar-refractivity contribution in [2.24, 2.45) is 5.73 Å². The third-order valence-electron chi connectivity index (χ3n) is 1.97. The molecule has 0 radical (unpaired) electrons. The molecule has 0 heterocycles. The molecule has 92 valence electrons. The predicted molar refractivity (Wildman–Crippen MR) is 60.3 cm³/mol. The molecule has 0 aromatic heterocycles. The van der Waals surface area contributed by atoms with Crippen molar-refractivity contribution in [1.82, 2.24) is 0 Å². The lowest BCUT2D eigenvalue weighted by Gasteiger charge is -2.21. The minimum absolute atomic E-state index is 0. The molecule has 7 heteroatoms. The summed E-state index contributed by atoms with van der Waals surface area (Å²) in [6.07, 6.45) is 0. The number of benzene rings is 1. The second-order valence-electron chi connectivity index (χ2n) is 3.07. The SMILES string of the molecule is Cl.N[C@H](c1ccc(Br)c(F)c1)C(F)(F)CO. The van der Waals surface area contributed by atoms with E-state index in [1.807, 2.05) is 0 Å². The first-order valence-electron chi connectivity index (χ1n) is 4.07. The minimum atomic E-state index is -3.46. The summed E-state index contributed by atoms with van der Waals surface area (Å²) < 4.78 is 39.1. The van der Waals surface area contributed by atoms with Crippen molar-refractivity contribution in [2.75, 3.05) is 6.61 Å². The predicted octanol–water partition coefficient (Wildman–Crippen LogP) is 2.64. The van der Waals surface area contributed by atoms with E-state index in [9.17, 15) is 13.2 Å². The van der Waals surface area contributed by atoms with Crippen LogP contribution in [0.25, 0.3) is 0 Å². The Hall–Kier alpha value is -0.300. The molecule has 0 fully saturated rings. The van der Waals surface area contributed by atoms with Gasteiger partial charge in [0, 0.05) is 0 Å². The van der Waals surface area contributed by atoms with Crippen LogP contribution in [0.1, 0.15) is 11.6 Å². The van der Waals surface area contributed by atoms with Crippen LogP contribution in [0.2, 0.25) is 0 Å². The number of nitrogens with two attached hydrogens (primary N) is 1. The van der Waals surface area contributed by atoms with Crippen LogP contribution in [0.15, 0.2) is 22.7 Å². The highest BCUT2D eigenvalue weighted by Crippen LogP contribution is 2.30. The molecule has 0 spiro atoms.